The number of ether oxygens (including phenoxy) is 2. The monoisotopic (exact) mass is 1190 g/mol. The summed E-state index contributed by atoms with van der Waals surface area (Å²) in [7, 11) is 0. The molecule has 22 aliphatic rings. The fourth-order valence-electron chi connectivity index (χ4n) is 34.1. The van der Waals surface area contributed by atoms with Gasteiger partial charge in [-0.15, -0.1) is 0 Å². The van der Waals surface area contributed by atoms with Crippen LogP contribution in [0, 0.1) is 237 Å². The Balaban J connectivity index is 0.0000000828. The van der Waals surface area contributed by atoms with E-state index in [1.807, 2.05) is 0 Å². The van der Waals surface area contributed by atoms with E-state index in [1.54, 1.807) is 0 Å². The molecule has 15 saturated carbocycles. The highest BCUT2D eigenvalue weighted by Gasteiger charge is 2.83. The molecule has 3 heteroatoms. The molecule has 20 aliphatic carbocycles. The molecular formula is C85H124O3. The Kier molecular flexibility index (Phi) is 11.5. The van der Waals surface area contributed by atoms with Gasteiger partial charge in [0.15, 0.2) is 0 Å². The molecule has 33 unspecified atom stereocenters. The molecule has 22 rings (SSSR count). The Hall–Kier alpha value is -1.87. The molecule has 20 bridgehead atoms. The van der Waals surface area contributed by atoms with Gasteiger partial charge in [0.2, 0.25) is 0 Å². The molecule has 0 aromatic carbocycles. The van der Waals surface area contributed by atoms with E-state index < -0.39 is 0 Å². The largest absolute Gasteiger partial charge is 0.459 e. The van der Waals surface area contributed by atoms with Gasteiger partial charge in [-0.2, -0.15) is 0 Å². The van der Waals surface area contributed by atoms with Crippen molar-refractivity contribution < 1.29 is 14.3 Å². The molecule has 2 aliphatic heterocycles. The van der Waals surface area contributed by atoms with Gasteiger partial charge in [-0.25, -0.2) is 0 Å². The van der Waals surface area contributed by atoms with Crippen LogP contribution in [-0.4, -0.2) is 24.8 Å². The van der Waals surface area contributed by atoms with Crippen molar-refractivity contribution in [2.45, 2.75) is 208 Å². The van der Waals surface area contributed by atoms with Gasteiger partial charge in [0.25, 0.3) is 0 Å². The lowest BCUT2D eigenvalue weighted by molar-refractivity contribution is -0.154. The minimum Gasteiger partial charge on any atom is -0.459 e. The summed E-state index contributed by atoms with van der Waals surface area (Å²) in [4.78, 5) is 12.7. The van der Waals surface area contributed by atoms with Gasteiger partial charge in [-0.3, -0.25) is 4.79 Å². The van der Waals surface area contributed by atoms with Crippen molar-refractivity contribution >= 4 is 5.97 Å². The van der Waals surface area contributed by atoms with Crippen molar-refractivity contribution in [3.05, 3.63) is 60.8 Å². The van der Waals surface area contributed by atoms with Crippen molar-refractivity contribution in [2.75, 3.05) is 13.2 Å². The minimum atomic E-state index is -0.311. The molecule has 0 N–H and O–H groups in total. The SMILES string of the molecule is CC1(C)C2CC(C3C4C=CC(C4)C32)C1(C)C.CC1(C)C2CC(C3C4C=CC(C4)C32)C1(C)C.CC1(C)C2CC(C3C4C=CC(C4)C32)C1(C)C.CC1(C)COCC12C1CC(C3C4C=CC(C4)C31)C2(C)C.CC1(C)OC(=O)C2(C)C3CC(C4C5C=CC(C5)C43)C12C. The van der Waals surface area contributed by atoms with Crippen LogP contribution in [0.15, 0.2) is 60.8 Å². The van der Waals surface area contributed by atoms with Gasteiger partial charge >= 0.3 is 5.97 Å². The van der Waals surface area contributed by atoms with Crippen LogP contribution in [0.2, 0.25) is 0 Å². The first-order valence-electron chi connectivity index (χ1n) is 38.3. The fourth-order valence-corrected chi connectivity index (χ4v) is 34.1. The van der Waals surface area contributed by atoms with Crippen molar-refractivity contribution in [3.8, 4) is 0 Å². The number of rotatable bonds is 0. The van der Waals surface area contributed by atoms with Gasteiger partial charge in [0, 0.05) is 10.8 Å². The van der Waals surface area contributed by atoms with E-state index in [-0.39, 0.29) is 22.4 Å². The van der Waals surface area contributed by atoms with Crippen molar-refractivity contribution in [1.29, 1.82) is 0 Å². The molecule has 1 spiro atoms. The van der Waals surface area contributed by atoms with Crippen LogP contribution in [0.4, 0.5) is 0 Å². The number of allylic oxidation sites excluding steroid dienone is 10. The lowest BCUT2D eigenvalue weighted by atomic mass is 9.45. The quantitative estimate of drug-likeness (QED) is 0.138. The molecule has 0 aromatic heterocycles. The van der Waals surface area contributed by atoms with Crippen LogP contribution in [0.25, 0.3) is 0 Å². The summed E-state index contributed by atoms with van der Waals surface area (Å²) in [6.07, 6.45) is 40.0. The molecule has 0 amide bonds. The predicted octanol–water partition coefficient (Wildman–Crippen LogP) is 19.9. The number of hydrogen-bond donors (Lipinski definition) is 0. The maximum Gasteiger partial charge on any atom is 0.313 e. The van der Waals surface area contributed by atoms with E-state index >= 15 is 0 Å². The first kappa shape index (κ1) is 58.7. The maximum atomic E-state index is 12.7. The summed E-state index contributed by atoms with van der Waals surface area (Å²) in [5.41, 5.74) is 4.10. The second-order valence-electron chi connectivity index (χ2n) is 42.5. The zero-order valence-corrected chi connectivity index (χ0v) is 59.3. The first-order chi connectivity index (χ1) is 41.1. The third kappa shape index (κ3) is 6.24. The van der Waals surface area contributed by atoms with E-state index in [4.69, 9.17) is 9.47 Å². The Bertz CT molecular complexity index is 2870. The second-order valence-corrected chi connectivity index (χ2v) is 42.5. The van der Waals surface area contributed by atoms with Crippen molar-refractivity contribution in [1.82, 2.24) is 0 Å². The van der Waals surface area contributed by atoms with E-state index in [1.165, 1.54) is 64.2 Å². The normalized spacial score (nSPS) is 59.8. The molecule has 2 heterocycles. The molecule has 3 nitrogen and oxygen atoms in total. The van der Waals surface area contributed by atoms with Gasteiger partial charge in [-0.05, 0) is 306 Å². The molecule has 0 aromatic rings. The van der Waals surface area contributed by atoms with Gasteiger partial charge in [-0.1, -0.05) is 178 Å². The Labute approximate surface area is 536 Å². The number of hydrogen-bond acceptors (Lipinski definition) is 3. The fraction of sp³-hybridized carbons (Fsp3) is 0.871. The topological polar surface area (TPSA) is 35.5 Å². The van der Waals surface area contributed by atoms with Crippen LogP contribution in [0.3, 0.4) is 0 Å². The molecule has 17 fully saturated rings. The van der Waals surface area contributed by atoms with Crippen LogP contribution in [-0.2, 0) is 14.3 Å². The molecule has 88 heavy (non-hydrogen) atoms. The average Bonchev–Trinajstić information content (AvgIpc) is 1.50. The number of carbonyl (C=O) groups is 1. The summed E-state index contributed by atoms with van der Waals surface area (Å²) >= 11 is 0. The first-order valence-corrected chi connectivity index (χ1v) is 38.3. The van der Waals surface area contributed by atoms with Crippen LogP contribution in [0.1, 0.15) is 203 Å². The van der Waals surface area contributed by atoms with Crippen LogP contribution >= 0.6 is 0 Å². The Morgan fingerprint density at radius 2 is 0.523 bits per heavy atom. The standard InChI is InChI=1S/C19H28O.C18H24O2.3C16H24/c1-17(2)9-20-10-19(17)14-8-13(18(19,3)4)15-11-5-6-12(7-11)16(14)15;1-16(2)18(4)12-8-11(17(18,3)15(19)20-16)13-9-5-6-10(7-9)14(12)13;3*1-15(2)11-8-12(16(15,3)4)14-10-6-5-9(7-10)13(11)14/h5-6,11-16H,7-10H2,1-4H3;5-6,9-14H,7-8H2,1-4H3;3*5-6,9-14H,7-8H2,1-4H3. The Morgan fingerprint density at radius 3 is 0.807 bits per heavy atom. The predicted molar refractivity (Wildman–Crippen MR) is 356 cm³/mol. The van der Waals surface area contributed by atoms with E-state index in [2.05, 4.69) is 199 Å². The highest BCUT2D eigenvalue weighted by molar-refractivity contribution is 5.83. The summed E-state index contributed by atoms with van der Waals surface area (Å²) < 4.78 is 12.0. The number of cyclic esters (lactones) is 1. The van der Waals surface area contributed by atoms with Crippen LogP contribution in [0.5, 0.6) is 0 Å². The Morgan fingerprint density at radius 1 is 0.284 bits per heavy atom. The average molecular weight is 1190 g/mol. The zero-order chi connectivity index (χ0) is 61.9. The number of fused-ring (bicyclic) bond motifs is 49. The summed E-state index contributed by atoms with van der Waals surface area (Å²) in [5, 5.41) is 0. The lowest BCUT2D eigenvalue weighted by Crippen LogP contribution is -2.57. The third-order valence-electron chi connectivity index (χ3n) is 39.9. The van der Waals surface area contributed by atoms with Crippen molar-refractivity contribution in [2.24, 2.45) is 237 Å². The molecular weight excluding hydrogens is 1070 g/mol. The van der Waals surface area contributed by atoms with Gasteiger partial charge in [0.05, 0.1) is 18.6 Å². The number of esters is 1. The van der Waals surface area contributed by atoms with Gasteiger partial charge in [0.1, 0.15) is 5.60 Å². The van der Waals surface area contributed by atoms with E-state index in [9.17, 15) is 4.79 Å². The number of carbonyl (C=O) groups excluding carboxylic acids is 1. The molecule has 2 saturated heterocycles. The summed E-state index contributed by atoms with van der Waals surface area (Å²) in [6.45, 7) is 51.6. The lowest BCUT2D eigenvalue weighted by Gasteiger charge is -2.58. The van der Waals surface area contributed by atoms with E-state index in [0.717, 1.165) is 179 Å². The summed E-state index contributed by atoms with van der Waals surface area (Å²) in [6, 6.07) is 0. The highest BCUT2D eigenvalue weighted by Crippen LogP contribution is 2.84. The van der Waals surface area contributed by atoms with Crippen molar-refractivity contribution in [3.63, 3.8) is 0 Å². The molecule has 482 valence electrons. The zero-order valence-electron chi connectivity index (χ0n) is 59.3. The minimum absolute atomic E-state index is 0.0151. The van der Waals surface area contributed by atoms with Gasteiger partial charge < -0.3 is 9.47 Å². The van der Waals surface area contributed by atoms with Crippen LogP contribution < -0.4 is 0 Å². The highest BCUT2D eigenvalue weighted by atomic mass is 16.6. The molecule has 33 atom stereocenters. The summed E-state index contributed by atoms with van der Waals surface area (Å²) in [5.74, 6) is 28.3. The molecule has 0 radical (unpaired) electrons. The van der Waals surface area contributed by atoms with E-state index in [0.29, 0.717) is 60.6 Å². The third-order valence-corrected chi connectivity index (χ3v) is 39.9. The smallest absolute Gasteiger partial charge is 0.313 e. The maximum absolute atomic E-state index is 12.7. The second kappa shape index (κ2) is 17.2.